The van der Waals surface area contributed by atoms with Gasteiger partial charge in [-0.25, -0.2) is 4.98 Å². The summed E-state index contributed by atoms with van der Waals surface area (Å²) in [5.74, 6) is 0.0917. The average molecular weight is 463 g/mol. The maximum Gasteiger partial charge on any atom is 0.275 e. The number of aromatic nitrogens is 3. The summed E-state index contributed by atoms with van der Waals surface area (Å²) in [5, 5.41) is 8.39. The highest BCUT2D eigenvalue weighted by atomic mass is 32.1. The molecule has 8 nitrogen and oxygen atoms in total. The normalized spacial score (nSPS) is 16.8. The lowest BCUT2D eigenvalue weighted by Crippen LogP contribution is -2.43. The summed E-state index contributed by atoms with van der Waals surface area (Å²) >= 11 is 1.41. The Kier molecular flexibility index (Phi) is 9.47. The third kappa shape index (κ3) is 6.75. The SMILES string of the molecule is CCCCN(CCCC)CCCNC(=O)C1CCCN(c2nn3c(=O)cc(C)nc3s2)C1. The molecule has 1 aliphatic rings. The Morgan fingerprint density at radius 1 is 1.22 bits per heavy atom. The van der Waals surface area contributed by atoms with E-state index in [1.807, 2.05) is 6.92 Å². The maximum absolute atomic E-state index is 12.8. The van der Waals surface area contributed by atoms with Gasteiger partial charge in [0, 0.05) is 31.4 Å². The molecule has 1 N–H and O–H groups in total. The van der Waals surface area contributed by atoms with Crippen LogP contribution in [0, 0.1) is 12.8 Å². The van der Waals surface area contributed by atoms with E-state index in [0.717, 1.165) is 57.1 Å². The fourth-order valence-electron chi connectivity index (χ4n) is 4.16. The number of nitrogens with zero attached hydrogens (tertiary/aromatic N) is 5. The molecule has 1 aliphatic heterocycles. The number of hydrogen-bond donors (Lipinski definition) is 1. The number of nitrogens with one attached hydrogen (secondary N) is 1. The molecule has 1 fully saturated rings. The Morgan fingerprint density at radius 2 is 1.94 bits per heavy atom. The van der Waals surface area contributed by atoms with Crippen molar-refractivity contribution >= 4 is 27.3 Å². The Bertz CT molecular complexity index is 919. The van der Waals surface area contributed by atoms with E-state index >= 15 is 0 Å². The fourth-order valence-corrected chi connectivity index (χ4v) is 5.15. The molecule has 0 aromatic carbocycles. The molecule has 0 bridgehead atoms. The zero-order valence-electron chi connectivity index (χ0n) is 19.8. The minimum absolute atomic E-state index is 0.0431. The van der Waals surface area contributed by atoms with Crippen LogP contribution < -0.4 is 15.8 Å². The summed E-state index contributed by atoms with van der Waals surface area (Å²) in [7, 11) is 0. The Hall–Kier alpha value is -2.00. The Labute approximate surface area is 195 Å². The van der Waals surface area contributed by atoms with Gasteiger partial charge >= 0.3 is 0 Å². The van der Waals surface area contributed by atoms with Crippen LogP contribution in [0.15, 0.2) is 10.9 Å². The van der Waals surface area contributed by atoms with Crippen molar-refractivity contribution in [2.75, 3.05) is 44.2 Å². The van der Waals surface area contributed by atoms with Crippen LogP contribution in [-0.2, 0) is 4.79 Å². The highest BCUT2D eigenvalue weighted by Gasteiger charge is 2.27. The van der Waals surface area contributed by atoms with Gasteiger partial charge in [-0.2, -0.15) is 4.52 Å². The van der Waals surface area contributed by atoms with E-state index in [-0.39, 0.29) is 17.4 Å². The molecule has 0 aliphatic carbocycles. The second kappa shape index (κ2) is 12.3. The van der Waals surface area contributed by atoms with E-state index in [9.17, 15) is 9.59 Å². The van der Waals surface area contributed by atoms with Crippen molar-refractivity contribution in [3.05, 3.63) is 22.1 Å². The van der Waals surface area contributed by atoms with Crippen LogP contribution in [0.5, 0.6) is 0 Å². The smallest absolute Gasteiger partial charge is 0.275 e. The summed E-state index contributed by atoms with van der Waals surface area (Å²) in [6.07, 6.45) is 7.73. The first-order chi connectivity index (χ1) is 15.5. The van der Waals surface area contributed by atoms with E-state index in [0.29, 0.717) is 17.2 Å². The van der Waals surface area contributed by atoms with E-state index in [2.05, 4.69) is 39.0 Å². The minimum Gasteiger partial charge on any atom is -0.356 e. The van der Waals surface area contributed by atoms with Crippen LogP contribution in [0.4, 0.5) is 5.13 Å². The van der Waals surface area contributed by atoms with Crippen molar-refractivity contribution in [3.63, 3.8) is 0 Å². The minimum atomic E-state index is -0.159. The van der Waals surface area contributed by atoms with Gasteiger partial charge < -0.3 is 15.1 Å². The van der Waals surface area contributed by atoms with Crippen LogP contribution >= 0.6 is 11.3 Å². The third-order valence-electron chi connectivity index (χ3n) is 6.03. The summed E-state index contributed by atoms with van der Waals surface area (Å²) in [4.78, 5) is 34.6. The molecule has 1 atom stereocenters. The lowest BCUT2D eigenvalue weighted by atomic mass is 9.97. The third-order valence-corrected chi connectivity index (χ3v) is 7.00. The van der Waals surface area contributed by atoms with Crippen molar-refractivity contribution in [3.8, 4) is 0 Å². The zero-order valence-corrected chi connectivity index (χ0v) is 20.6. The first-order valence-electron chi connectivity index (χ1n) is 12.1. The van der Waals surface area contributed by atoms with Gasteiger partial charge in [-0.15, -0.1) is 5.10 Å². The Balaban J connectivity index is 1.49. The topological polar surface area (TPSA) is 82.8 Å². The molecule has 1 saturated heterocycles. The van der Waals surface area contributed by atoms with E-state index < -0.39 is 0 Å². The first-order valence-corrected chi connectivity index (χ1v) is 13.0. The van der Waals surface area contributed by atoms with Crippen molar-refractivity contribution in [2.45, 2.75) is 65.7 Å². The summed E-state index contributed by atoms with van der Waals surface area (Å²) in [5.41, 5.74) is 0.539. The molecule has 32 heavy (non-hydrogen) atoms. The monoisotopic (exact) mass is 462 g/mol. The number of carbonyl (C=O) groups is 1. The molecule has 0 radical (unpaired) electrons. The number of piperidine rings is 1. The number of amides is 1. The zero-order chi connectivity index (χ0) is 22.9. The van der Waals surface area contributed by atoms with Gasteiger partial charge in [0.05, 0.1) is 5.92 Å². The molecule has 0 saturated carbocycles. The summed E-state index contributed by atoms with van der Waals surface area (Å²) in [6.45, 7) is 11.8. The molecule has 3 rings (SSSR count). The molecule has 1 amide bonds. The largest absolute Gasteiger partial charge is 0.356 e. The van der Waals surface area contributed by atoms with Gasteiger partial charge in [0.15, 0.2) is 0 Å². The number of fused-ring (bicyclic) bond motifs is 1. The summed E-state index contributed by atoms with van der Waals surface area (Å²) < 4.78 is 1.36. The number of unbranched alkanes of at least 4 members (excludes halogenated alkanes) is 2. The van der Waals surface area contributed by atoms with Crippen molar-refractivity contribution in [2.24, 2.45) is 5.92 Å². The number of carbonyl (C=O) groups excluding carboxylic acids is 1. The quantitative estimate of drug-likeness (QED) is 0.488. The second-order valence-corrected chi connectivity index (χ2v) is 9.73. The van der Waals surface area contributed by atoms with Crippen LogP contribution in [0.3, 0.4) is 0 Å². The number of anilines is 1. The molecule has 0 spiro atoms. The maximum atomic E-state index is 12.8. The van der Waals surface area contributed by atoms with Crippen molar-refractivity contribution in [1.29, 1.82) is 0 Å². The van der Waals surface area contributed by atoms with E-state index in [1.165, 1.54) is 47.6 Å². The number of hydrogen-bond acceptors (Lipinski definition) is 7. The molecular formula is C23H38N6O2S. The van der Waals surface area contributed by atoms with Crippen LogP contribution in [0.25, 0.3) is 4.96 Å². The van der Waals surface area contributed by atoms with Gasteiger partial charge in [0.25, 0.3) is 5.56 Å². The van der Waals surface area contributed by atoms with Crippen LogP contribution in [-0.4, -0.2) is 64.7 Å². The number of aryl methyl sites for hydroxylation is 1. The summed E-state index contributed by atoms with van der Waals surface area (Å²) in [6, 6.07) is 1.49. The molecule has 178 valence electrons. The standard InChI is InChI=1S/C23H38N6O2S/c1-4-6-12-27(13-7-5-2)14-9-11-24-21(31)19-10-8-15-28(17-19)23-26-29-20(30)16-18(3)25-22(29)32-23/h16,19H,4-15,17H2,1-3H3,(H,24,31). The number of rotatable bonds is 12. The second-order valence-electron chi connectivity index (χ2n) is 8.79. The average Bonchev–Trinajstić information content (AvgIpc) is 3.22. The van der Waals surface area contributed by atoms with Crippen LogP contribution in [0.2, 0.25) is 0 Å². The fraction of sp³-hybridized carbons (Fsp3) is 0.739. The molecule has 9 heteroatoms. The predicted molar refractivity (Wildman–Crippen MR) is 131 cm³/mol. The highest BCUT2D eigenvalue weighted by molar-refractivity contribution is 7.20. The van der Waals surface area contributed by atoms with E-state index in [1.54, 1.807) is 0 Å². The molecular weight excluding hydrogens is 424 g/mol. The van der Waals surface area contributed by atoms with Gasteiger partial charge in [0.1, 0.15) is 0 Å². The molecule has 1 unspecified atom stereocenters. The van der Waals surface area contributed by atoms with Gasteiger partial charge in [-0.1, -0.05) is 38.0 Å². The molecule has 2 aromatic heterocycles. The Morgan fingerprint density at radius 3 is 2.66 bits per heavy atom. The predicted octanol–water partition coefficient (Wildman–Crippen LogP) is 3.08. The van der Waals surface area contributed by atoms with E-state index in [4.69, 9.17) is 0 Å². The van der Waals surface area contributed by atoms with Gasteiger partial charge in [0.2, 0.25) is 16.0 Å². The molecule has 3 heterocycles. The molecule has 2 aromatic rings. The van der Waals surface area contributed by atoms with Crippen LogP contribution in [0.1, 0.15) is 64.5 Å². The van der Waals surface area contributed by atoms with Gasteiger partial charge in [-0.3, -0.25) is 9.59 Å². The lowest BCUT2D eigenvalue weighted by molar-refractivity contribution is -0.125. The lowest BCUT2D eigenvalue weighted by Gasteiger charge is -2.31. The van der Waals surface area contributed by atoms with Crippen molar-refractivity contribution < 1.29 is 4.79 Å². The first kappa shape index (κ1) is 24.6. The van der Waals surface area contributed by atoms with Gasteiger partial charge in [-0.05, 0) is 58.7 Å². The van der Waals surface area contributed by atoms with Crippen molar-refractivity contribution in [1.82, 2.24) is 24.8 Å². The highest BCUT2D eigenvalue weighted by Crippen LogP contribution is 2.27.